The van der Waals surface area contributed by atoms with E-state index in [1.807, 2.05) is 24.3 Å². The third-order valence-corrected chi connectivity index (χ3v) is 5.91. The van der Waals surface area contributed by atoms with Crippen molar-refractivity contribution < 1.29 is 9.84 Å². The molecule has 138 valence electrons. The van der Waals surface area contributed by atoms with E-state index in [9.17, 15) is 5.11 Å². The van der Waals surface area contributed by atoms with Crippen LogP contribution in [0, 0.1) is 5.41 Å². The summed E-state index contributed by atoms with van der Waals surface area (Å²) >= 11 is 5.84. The fourth-order valence-electron chi connectivity index (χ4n) is 4.37. The Morgan fingerprint density at radius 3 is 2.67 bits per heavy atom. The minimum absolute atomic E-state index is 0.0964. The van der Waals surface area contributed by atoms with E-state index in [-0.39, 0.29) is 12.2 Å². The van der Waals surface area contributed by atoms with Crippen LogP contribution in [0.25, 0.3) is 10.8 Å². The smallest absolute Gasteiger partial charge is 0.138 e. The lowest BCUT2D eigenvalue weighted by Crippen LogP contribution is -2.53. The topological polar surface area (TPSA) is 67.3 Å². The molecule has 0 amide bonds. The fraction of sp³-hybridized carbons (Fsp3) is 0.333. The van der Waals surface area contributed by atoms with E-state index in [4.69, 9.17) is 16.3 Å². The number of anilines is 2. The Morgan fingerprint density at radius 1 is 1.07 bits per heavy atom. The molecule has 2 aliphatic rings. The number of pyridine rings is 2. The predicted octanol–water partition coefficient (Wildman–Crippen LogP) is 4.71. The molecule has 0 atom stereocenters. The summed E-state index contributed by atoms with van der Waals surface area (Å²) in [7, 11) is 0. The van der Waals surface area contributed by atoms with Crippen LogP contribution in [0.5, 0.6) is 5.75 Å². The summed E-state index contributed by atoms with van der Waals surface area (Å²) < 4.78 is 6.15. The third-order valence-electron chi connectivity index (χ3n) is 5.69. The van der Waals surface area contributed by atoms with Gasteiger partial charge in [-0.2, -0.15) is 0 Å². The molecule has 27 heavy (non-hydrogen) atoms. The molecule has 0 saturated heterocycles. The van der Waals surface area contributed by atoms with Gasteiger partial charge in [-0.05, 0) is 72.9 Å². The van der Waals surface area contributed by atoms with Gasteiger partial charge in [-0.3, -0.25) is 0 Å². The highest BCUT2D eigenvalue weighted by atomic mass is 35.5. The molecule has 1 spiro atoms. The summed E-state index contributed by atoms with van der Waals surface area (Å²) in [4.78, 5) is 8.54. The van der Waals surface area contributed by atoms with Crippen molar-refractivity contribution in [3.05, 3.63) is 53.9 Å². The number of benzene rings is 1. The first-order valence-electron chi connectivity index (χ1n) is 9.21. The molecule has 2 N–H and O–H groups in total. The largest absolute Gasteiger partial charge is 0.490 e. The van der Waals surface area contributed by atoms with Crippen molar-refractivity contribution in [3.8, 4) is 5.75 Å². The van der Waals surface area contributed by atoms with Gasteiger partial charge in [0, 0.05) is 11.6 Å². The van der Waals surface area contributed by atoms with Gasteiger partial charge >= 0.3 is 0 Å². The average Bonchev–Trinajstić information content (AvgIpc) is 2.61. The predicted molar refractivity (Wildman–Crippen MR) is 106 cm³/mol. The Bertz CT molecular complexity index is 978. The Hall–Kier alpha value is -2.37. The molecule has 2 heterocycles. The maximum Gasteiger partial charge on any atom is 0.138 e. The molecule has 2 aliphatic carbocycles. The molecule has 5 nitrogen and oxygen atoms in total. The minimum atomic E-state index is -0.0964. The Morgan fingerprint density at radius 2 is 1.93 bits per heavy atom. The Labute approximate surface area is 162 Å². The standard InChI is InChI=1S/C21H20ClN3O2/c22-19-4-1-14(12-24-19)25-20-18-3-2-16(7-13(18)5-6-23-20)27-17-10-21(11-17)8-15(26)9-21/h1-7,12,15,17,26H,8-11H2,(H,23,25). The van der Waals surface area contributed by atoms with Crippen LogP contribution in [0.3, 0.4) is 0 Å². The van der Waals surface area contributed by atoms with Crippen molar-refractivity contribution in [1.82, 2.24) is 9.97 Å². The van der Waals surface area contributed by atoms with Crippen LogP contribution in [-0.4, -0.2) is 27.3 Å². The maximum absolute atomic E-state index is 9.53. The summed E-state index contributed by atoms with van der Waals surface area (Å²) in [6, 6.07) is 11.7. The zero-order chi connectivity index (χ0) is 18.4. The number of aliphatic hydroxyl groups excluding tert-OH is 1. The first-order chi connectivity index (χ1) is 13.1. The highest BCUT2D eigenvalue weighted by Gasteiger charge is 2.53. The quantitative estimate of drug-likeness (QED) is 0.640. The van der Waals surface area contributed by atoms with E-state index in [0.717, 1.165) is 53.7 Å². The molecule has 1 aromatic carbocycles. The van der Waals surface area contributed by atoms with Crippen molar-refractivity contribution >= 4 is 33.9 Å². The van der Waals surface area contributed by atoms with Gasteiger partial charge in [0.25, 0.3) is 0 Å². The summed E-state index contributed by atoms with van der Waals surface area (Å²) in [5.41, 5.74) is 1.19. The van der Waals surface area contributed by atoms with Gasteiger partial charge in [0.15, 0.2) is 0 Å². The van der Waals surface area contributed by atoms with E-state index >= 15 is 0 Å². The number of rotatable bonds is 4. The third kappa shape index (κ3) is 3.22. The van der Waals surface area contributed by atoms with Crippen LogP contribution >= 0.6 is 11.6 Å². The number of hydrogen-bond donors (Lipinski definition) is 2. The molecule has 0 unspecified atom stereocenters. The van der Waals surface area contributed by atoms with E-state index in [0.29, 0.717) is 10.6 Å². The number of nitrogens with zero attached hydrogens (tertiary/aromatic N) is 2. The normalized spacial score (nSPS) is 26.4. The Balaban J connectivity index is 1.32. The average molecular weight is 382 g/mol. The number of nitrogens with one attached hydrogen (secondary N) is 1. The molecule has 3 aromatic rings. The van der Waals surface area contributed by atoms with Gasteiger partial charge in [0.2, 0.25) is 0 Å². The second-order valence-corrected chi connectivity index (χ2v) is 8.13. The van der Waals surface area contributed by atoms with Crippen LogP contribution < -0.4 is 10.1 Å². The Kier molecular flexibility index (Phi) is 3.95. The molecule has 5 rings (SSSR count). The number of fused-ring (bicyclic) bond motifs is 1. The molecule has 2 fully saturated rings. The van der Waals surface area contributed by atoms with E-state index in [2.05, 4.69) is 21.4 Å². The van der Waals surface area contributed by atoms with Crippen molar-refractivity contribution in [3.63, 3.8) is 0 Å². The molecule has 2 aromatic heterocycles. The number of ether oxygens (including phenoxy) is 1. The molecular formula is C21H20ClN3O2. The van der Waals surface area contributed by atoms with E-state index in [1.165, 1.54) is 0 Å². The zero-order valence-electron chi connectivity index (χ0n) is 14.7. The highest BCUT2D eigenvalue weighted by Crippen LogP contribution is 2.56. The van der Waals surface area contributed by atoms with Crippen molar-refractivity contribution in [1.29, 1.82) is 0 Å². The highest BCUT2D eigenvalue weighted by molar-refractivity contribution is 6.29. The maximum atomic E-state index is 9.53. The summed E-state index contributed by atoms with van der Waals surface area (Å²) in [6.07, 6.45) is 7.60. The van der Waals surface area contributed by atoms with Crippen molar-refractivity contribution in [2.24, 2.45) is 5.41 Å². The van der Waals surface area contributed by atoms with Gasteiger partial charge in [-0.15, -0.1) is 0 Å². The number of hydrogen-bond acceptors (Lipinski definition) is 5. The van der Waals surface area contributed by atoms with Crippen LogP contribution in [0.1, 0.15) is 25.7 Å². The lowest BCUT2D eigenvalue weighted by molar-refractivity contribution is -0.131. The van der Waals surface area contributed by atoms with Gasteiger partial charge in [0.1, 0.15) is 16.7 Å². The summed E-state index contributed by atoms with van der Waals surface area (Å²) in [5, 5.41) is 15.4. The first-order valence-corrected chi connectivity index (χ1v) is 9.59. The second kappa shape index (κ2) is 6.36. The molecule has 2 saturated carbocycles. The van der Waals surface area contributed by atoms with E-state index in [1.54, 1.807) is 18.5 Å². The minimum Gasteiger partial charge on any atom is -0.490 e. The molecular weight excluding hydrogens is 362 g/mol. The lowest BCUT2D eigenvalue weighted by Gasteiger charge is -2.55. The van der Waals surface area contributed by atoms with Gasteiger partial charge < -0.3 is 15.2 Å². The number of aliphatic hydroxyl groups is 1. The second-order valence-electron chi connectivity index (χ2n) is 7.75. The number of aromatic nitrogens is 2. The monoisotopic (exact) mass is 381 g/mol. The van der Waals surface area contributed by atoms with Gasteiger partial charge in [-0.25, -0.2) is 9.97 Å². The van der Waals surface area contributed by atoms with Crippen LogP contribution in [0.4, 0.5) is 11.5 Å². The van der Waals surface area contributed by atoms with Crippen molar-refractivity contribution in [2.75, 3.05) is 5.32 Å². The van der Waals surface area contributed by atoms with Crippen molar-refractivity contribution in [2.45, 2.75) is 37.9 Å². The fourth-order valence-corrected chi connectivity index (χ4v) is 4.48. The van der Waals surface area contributed by atoms with Gasteiger partial charge in [0.05, 0.1) is 24.1 Å². The molecule has 6 heteroatoms. The molecule has 0 aliphatic heterocycles. The SMILES string of the molecule is OC1CC2(C1)CC(Oc1ccc3c(Nc4ccc(Cl)nc4)nccc3c1)C2. The van der Waals surface area contributed by atoms with Crippen LogP contribution in [0.2, 0.25) is 5.15 Å². The molecule has 0 radical (unpaired) electrons. The van der Waals surface area contributed by atoms with E-state index < -0.39 is 0 Å². The molecule has 0 bridgehead atoms. The zero-order valence-corrected chi connectivity index (χ0v) is 15.5. The van der Waals surface area contributed by atoms with Crippen LogP contribution in [-0.2, 0) is 0 Å². The van der Waals surface area contributed by atoms with Crippen LogP contribution in [0.15, 0.2) is 48.8 Å². The summed E-state index contributed by atoms with van der Waals surface area (Å²) in [6.45, 7) is 0. The number of halogens is 1. The first kappa shape index (κ1) is 16.8. The lowest BCUT2D eigenvalue weighted by atomic mass is 9.53. The van der Waals surface area contributed by atoms with Gasteiger partial charge in [-0.1, -0.05) is 11.6 Å². The summed E-state index contributed by atoms with van der Waals surface area (Å²) in [5.74, 6) is 1.65.